The molecule has 2 aromatic heterocycles. The Hall–Kier alpha value is -3.22. The molecule has 3 aromatic rings. The van der Waals surface area contributed by atoms with Gasteiger partial charge in [-0.05, 0) is 49.3 Å². The number of amides is 2. The Labute approximate surface area is 181 Å². The van der Waals surface area contributed by atoms with Crippen molar-refractivity contribution in [2.75, 3.05) is 13.1 Å². The summed E-state index contributed by atoms with van der Waals surface area (Å²) in [5.41, 5.74) is 3.36. The maximum absolute atomic E-state index is 12.5. The Bertz CT molecular complexity index is 1110. The summed E-state index contributed by atoms with van der Waals surface area (Å²) in [4.78, 5) is 35.6. The summed E-state index contributed by atoms with van der Waals surface area (Å²) in [6.45, 7) is 4.10. The molecule has 7 nitrogen and oxygen atoms in total. The summed E-state index contributed by atoms with van der Waals surface area (Å²) >= 11 is 0. The summed E-state index contributed by atoms with van der Waals surface area (Å²) in [7, 11) is 0. The molecule has 1 N–H and O–H groups in total. The van der Waals surface area contributed by atoms with Crippen LogP contribution in [0, 0.1) is 5.41 Å². The van der Waals surface area contributed by atoms with Crippen molar-refractivity contribution in [3.8, 4) is 0 Å². The summed E-state index contributed by atoms with van der Waals surface area (Å²) in [5.74, 6) is 0.663. The van der Waals surface area contributed by atoms with E-state index < -0.39 is 0 Å². The maximum atomic E-state index is 12.5. The number of carbonyl (C=O) groups excluding carboxylic acids is 2. The standard InChI is InChI=1S/C24H27N5O2/c1-24(8-9-24)23(31)28-11-6-18(7-12-28)17-2-4-19(5-3-17)22(30)27-14-20-16-29-13-10-25-21(29)15-26-20/h2-5,10,13,15-16,18H,6-9,11-12,14H2,1H3,(H,27,30). The summed E-state index contributed by atoms with van der Waals surface area (Å²) in [6, 6.07) is 7.88. The first-order chi connectivity index (χ1) is 15.0. The first-order valence-electron chi connectivity index (χ1n) is 11.0. The zero-order valence-electron chi connectivity index (χ0n) is 17.8. The minimum Gasteiger partial charge on any atom is -0.346 e. The van der Waals surface area contributed by atoms with Gasteiger partial charge in [-0.15, -0.1) is 0 Å². The van der Waals surface area contributed by atoms with E-state index in [2.05, 4.69) is 34.3 Å². The smallest absolute Gasteiger partial charge is 0.251 e. The molecule has 31 heavy (non-hydrogen) atoms. The highest BCUT2D eigenvalue weighted by Gasteiger charge is 2.47. The highest BCUT2D eigenvalue weighted by Crippen LogP contribution is 2.47. The van der Waals surface area contributed by atoms with Gasteiger partial charge in [0.05, 0.1) is 18.4 Å². The normalized spacial score (nSPS) is 18.2. The van der Waals surface area contributed by atoms with E-state index in [1.165, 1.54) is 5.56 Å². The van der Waals surface area contributed by atoms with Crippen LogP contribution in [-0.4, -0.2) is 44.2 Å². The molecule has 1 saturated carbocycles. The molecule has 1 aromatic carbocycles. The van der Waals surface area contributed by atoms with Crippen LogP contribution in [0.5, 0.6) is 0 Å². The van der Waals surface area contributed by atoms with Crippen molar-refractivity contribution in [2.24, 2.45) is 5.41 Å². The van der Waals surface area contributed by atoms with E-state index in [0.717, 1.165) is 50.1 Å². The predicted octanol–water partition coefficient (Wildman–Crippen LogP) is 3.17. The van der Waals surface area contributed by atoms with E-state index in [9.17, 15) is 9.59 Å². The van der Waals surface area contributed by atoms with Gasteiger partial charge in [-0.3, -0.25) is 14.6 Å². The average molecular weight is 418 g/mol. The van der Waals surface area contributed by atoms with Crippen LogP contribution in [-0.2, 0) is 11.3 Å². The summed E-state index contributed by atoms with van der Waals surface area (Å²) in [5, 5.41) is 2.93. The molecule has 0 unspecified atom stereocenters. The first kappa shape index (κ1) is 19.7. The molecule has 5 rings (SSSR count). The van der Waals surface area contributed by atoms with Gasteiger partial charge in [0.25, 0.3) is 5.91 Å². The molecular weight excluding hydrogens is 390 g/mol. The van der Waals surface area contributed by atoms with Crippen molar-refractivity contribution < 1.29 is 9.59 Å². The lowest BCUT2D eigenvalue weighted by Gasteiger charge is -2.34. The van der Waals surface area contributed by atoms with Gasteiger partial charge in [0, 0.05) is 42.7 Å². The van der Waals surface area contributed by atoms with Crippen molar-refractivity contribution in [1.29, 1.82) is 0 Å². The van der Waals surface area contributed by atoms with Crippen molar-refractivity contribution in [2.45, 2.75) is 45.1 Å². The van der Waals surface area contributed by atoms with Gasteiger partial charge < -0.3 is 14.6 Å². The molecule has 3 heterocycles. The Morgan fingerprint density at radius 2 is 1.87 bits per heavy atom. The van der Waals surface area contributed by atoms with Crippen molar-refractivity contribution in [1.82, 2.24) is 24.6 Å². The van der Waals surface area contributed by atoms with Gasteiger partial charge in [-0.25, -0.2) is 4.98 Å². The molecule has 0 spiro atoms. The largest absolute Gasteiger partial charge is 0.346 e. The number of fused-ring (bicyclic) bond motifs is 1. The summed E-state index contributed by atoms with van der Waals surface area (Å²) < 4.78 is 1.88. The molecule has 2 amide bonds. The Morgan fingerprint density at radius 1 is 1.13 bits per heavy atom. The van der Waals surface area contributed by atoms with Crippen LogP contribution in [0.3, 0.4) is 0 Å². The quantitative estimate of drug-likeness (QED) is 0.692. The average Bonchev–Trinajstić information content (AvgIpc) is 3.39. The third-order valence-electron chi connectivity index (χ3n) is 6.71. The van der Waals surface area contributed by atoms with Crippen LogP contribution in [0.1, 0.15) is 60.1 Å². The van der Waals surface area contributed by atoms with E-state index in [-0.39, 0.29) is 11.3 Å². The number of piperidine rings is 1. The Balaban J connectivity index is 1.15. The number of benzene rings is 1. The number of nitrogens with one attached hydrogen (secondary N) is 1. The fraction of sp³-hybridized carbons (Fsp3) is 0.417. The van der Waals surface area contributed by atoms with Crippen molar-refractivity contribution >= 4 is 17.5 Å². The van der Waals surface area contributed by atoms with Gasteiger partial charge in [0.2, 0.25) is 5.91 Å². The fourth-order valence-corrected chi connectivity index (χ4v) is 4.34. The molecule has 1 aliphatic heterocycles. The van der Waals surface area contributed by atoms with E-state index >= 15 is 0 Å². The van der Waals surface area contributed by atoms with Crippen LogP contribution in [0.25, 0.3) is 5.65 Å². The molecule has 0 bridgehead atoms. The molecule has 1 saturated heterocycles. The Kier molecular flexibility index (Phi) is 4.96. The molecular formula is C24H27N5O2. The molecule has 160 valence electrons. The number of likely N-dealkylation sites (tertiary alicyclic amines) is 1. The van der Waals surface area contributed by atoms with Gasteiger partial charge >= 0.3 is 0 Å². The minimum atomic E-state index is -0.114. The predicted molar refractivity (Wildman–Crippen MR) is 116 cm³/mol. The maximum Gasteiger partial charge on any atom is 0.251 e. The number of hydrogen-bond donors (Lipinski definition) is 1. The number of hydrogen-bond acceptors (Lipinski definition) is 4. The third-order valence-corrected chi connectivity index (χ3v) is 6.71. The van der Waals surface area contributed by atoms with Crippen molar-refractivity contribution in [3.63, 3.8) is 0 Å². The molecule has 1 aliphatic carbocycles. The number of carbonyl (C=O) groups is 2. The van der Waals surface area contributed by atoms with Gasteiger partial charge in [0.15, 0.2) is 5.65 Å². The zero-order valence-corrected chi connectivity index (χ0v) is 17.8. The van der Waals surface area contributed by atoms with Crippen LogP contribution < -0.4 is 5.32 Å². The second-order valence-electron chi connectivity index (χ2n) is 9.00. The van der Waals surface area contributed by atoms with Crippen LogP contribution >= 0.6 is 0 Å². The topological polar surface area (TPSA) is 79.6 Å². The molecule has 0 atom stereocenters. The first-order valence-corrected chi connectivity index (χ1v) is 11.0. The van der Waals surface area contributed by atoms with E-state index in [0.29, 0.717) is 23.9 Å². The number of nitrogens with zero attached hydrogens (tertiary/aromatic N) is 4. The third kappa shape index (κ3) is 4.04. The molecule has 2 aliphatic rings. The SMILES string of the molecule is CC1(C(=O)N2CCC(c3ccc(C(=O)NCc4cn5ccnc5cn4)cc3)CC2)CC1. The zero-order chi connectivity index (χ0) is 21.4. The van der Waals surface area contributed by atoms with E-state index in [1.54, 1.807) is 12.4 Å². The minimum absolute atomic E-state index is 0.0815. The van der Waals surface area contributed by atoms with Gasteiger partial charge in [-0.2, -0.15) is 0 Å². The lowest BCUT2D eigenvalue weighted by molar-refractivity contribution is -0.137. The number of imidazole rings is 1. The van der Waals surface area contributed by atoms with Crippen LogP contribution in [0.15, 0.2) is 49.1 Å². The lowest BCUT2D eigenvalue weighted by atomic mass is 9.88. The molecule has 0 radical (unpaired) electrons. The number of rotatable bonds is 5. The van der Waals surface area contributed by atoms with Crippen LogP contribution in [0.4, 0.5) is 0 Å². The second-order valence-corrected chi connectivity index (χ2v) is 9.00. The second kappa shape index (κ2) is 7.80. The molecule has 2 fully saturated rings. The lowest BCUT2D eigenvalue weighted by Crippen LogP contribution is -2.41. The highest BCUT2D eigenvalue weighted by atomic mass is 16.2. The van der Waals surface area contributed by atoms with Crippen molar-refractivity contribution in [3.05, 3.63) is 65.9 Å². The van der Waals surface area contributed by atoms with E-state index in [1.807, 2.05) is 33.8 Å². The summed E-state index contributed by atoms with van der Waals surface area (Å²) in [6.07, 6.45) is 11.2. The van der Waals surface area contributed by atoms with E-state index in [4.69, 9.17) is 0 Å². The monoisotopic (exact) mass is 417 g/mol. The van der Waals surface area contributed by atoms with Gasteiger partial charge in [-0.1, -0.05) is 19.1 Å². The highest BCUT2D eigenvalue weighted by molar-refractivity contribution is 5.94. The number of aromatic nitrogens is 3. The Morgan fingerprint density at radius 3 is 2.58 bits per heavy atom. The van der Waals surface area contributed by atoms with Crippen LogP contribution in [0.2, 0.25) is 0 Å². The molecule has 7 heteroatoms. The van der Waals surface area contributed by atoms with Gasteiger partial charge in [0.1, 0.15) is 0 Å². The fourth-order valence-electron chi connectivity index (χ4n) is 4.34.